The van der Waals surface area contributed by atoms with Crippen molar-refractivity contribution in [2.45, 2.75) is 0 Å². The molecule has 0 saturated heterocycles. The number of nitrogens with zero attached hydrogens (tertiary/aromatic N) is 3. The van der Waals surface area contributed by atoms with E-state index in [-0.39, 0.29) is 16.3 Å². The molecule has 0 heterocycles. The Balaban J connectivity index is 2.34. The Bertz CT molecular complexity index is 774. The van der Waals surface area contributed by atoms with Crippen LogP contribution in [0, 0.1) is 20.2 Å². The number of halogens is 1. The first-order valence-electron chi connectivity index (χ1n) is 5.84. The minimum absolute atomic E-state index is 0.0672. The second-order valence-electron chi connectivity index (χ2n) is 4.15. The highest BCUT2D eigenvalue weighted by Crippen LogP contribution is 2.32. The summed E-state index contributed by atoms with van der Waals surface area (Å²) in [6, 6.07) is 7.70. The van der Waals surface area contributed by atoms with Crippen molar-refractivity contribution in [1.82, 2.24) is 0 Å². The summed E-state index contributed by atoms with van der Waals surface area (Å²) in [4.78, 5) is 24.0. The summed E-state index contributed by atoms with van der Waals surface area (Å²) >= 11 is 5.75. The monoisotopic (exact) mass is 321 g/mol. The van der Waals surface area contributed by atoms with Gasteiger partial charge in [-0.25, -0.2) is 0 Å². The summed E-state index contributed by atoms with van der Waals surface area (Å²) in [5, 5.41) is 31.2. The predicted octanol–water partition coefficient (Wildman–Crippen LogP) is 3.61. The van der Waals surface area contributed by atoms with Crippen LogP contribution in [0.5, 0.6) is 5.75 Å². The standard InChI is InChI=1S/C13H8ClN3O5/c14-9-5-8(13(18)12(6-9)17(21)22)7-15-10-1-3-11(4-2-10)16(19)20/h1-7,18H. The molecule has 0 bridgehead atoms. The summed E-state index contributed by atoms with van der Waals surface area (Å²) in [6.07, 6.45) is 1.19. The van der Waals surface area contributed by atoms with Crippen molar-refractivity contribution in [2.24, 2.45) is 4.99 Å². The highest BCUT2D eigenvalue weighted by atomic mass is 35.5. The fraction of sp³-hybridized carbons (Fsp3) is 0. The number of aromatic hydroxyl groups is 1. The normalized spacial score (nSPS) is 10.8. The van der Waals surface area contributed by atoms with Crippen molar-refractivity contribution in [3.05, 3.63) is 67.2 Å². The van der Waals surface area contributed by atoms with Crippen LogP contribution in [0.1, 0.15) is 5.56 Å². The number of phenolic OH excluding ortho intramolecular Hbond substituents is 1. The van der Waals surface area contributed by atoms with Gasteiger partial charge >= 0.3 is 5.69 Å². The smallest absolute Gasteiger partial charge is 0.312 e. The molecule has 0 amide bonds. The molecular formula is C13H8ClN3O5. The predicted molar refractivity (Wildman–Crippen MR) is 80.1 cm³/mol. The number of benzene rings is 2. The van der Waals surface area contributed by atoms with Crippen LogP contribution in [0.3, 0.4) is 0 Å². The van der Waals surface area contributed by atoms with E-state index < -0.39 is 21.3 Å². The minimum atomic E-state index is -0.759. The summed E-state index contributed by atoms with van der Waals surface area (Å²) in [5.74, 6) is -0.555. The second-order valence-corrected chi connectivity index (χ2v) is 4.59. The molecule has 2 aromatic carbocycles. The fourth-order valence-corrected chi connectivity index (χ4v) is 1.87. The van der Waals surface area contributed by atoms with Gasteiger partial charge in [-0.3, -0.25) is 25.2 Å². The molecule has 8 nitrogen and oxygen atoms in total. The molecule has 0 fully saturated rings. The number of aliphatic imine (C=N–C) groups is 1. The lowest BCUT2D eigenvalue weighted by Crippen LogP contribution is -1.92. The van der Waals surface area contributed by atoms with Crippen LogP contribution in [-0.4, -0.2) is 21.2 Å². The van der Waals surface area contributed by atoms with Crippen LogP contribution >= 0.6 is 11.6 Å². The highest BCUT2D eigenvalue weighted by Gasteiger charge is 2.17. The van der Waals surface area contributed by atoms with Crippen molar-refractivity contribution >= 4 is 34.9 Å². The number of phenols is 1. The third-order valence-electron chi connectivity index (χ3n) is 2.69. The molecule has 0 saturated carbocycles. The van der Waals surface area contributed by atoms with Crippen LogP contribution in [-0.2, 0) is 0 Å². The van der Waals surface area contributed by atoms with E-state index >= 15 is 0 Å². The molecule has 0 radical (unpaired) electrons. The van der Waals surface area contributed by atoms with E-state index in [1.54, 1.807) is 0 Å². The molecule has 22 heavy (non-hydrogen) atoms. The molecule has 1 N–H and O–H groups in total. The molecule has 112 valence electrons. The largest absolute Gasteiger partial charge is 0.502 e. The zero-order valence-corrected chi connectivity index (χ0v) is 11.6. The van der Waals surface area contributed by atoms with Gasteiger partial charge in [0.2, 0.25) is 5.75 Å². The van der Waals surface area contributed by atoms with E-state index in [2.05, 4.69) is 4.99 Å². The first-order chi connectivity index (χ1) is 10.4. The molecule has 2 rings (SSSR count). The Labute approximate surface area is 128 Å². The van der Waals surface area contributed by atoms with Gasteiger partial charge in [-0.05, 0) is 18.2 Å². The molecule has 0 atom stereocenters. The first-order valence-corrected chi connectivity index (χ1v) is 6.21. The van der Waals surface area contributed by atoms with Gasteiger partial charge in [-0.15, -0.1) is 0 Å². The van der Waals surface area contributed by atoms with Gasteiger partial charge < -0.3 is 5.11 Å². The van der Waals surface area contributed by atoms with Crippen molar-refractivity contribution in [3.8, 4) is 5.75 Å². The van der Waals surface area contributed by atoms with Gasteiger partial charge in [0.1, 0.15) is 0 Å². The van der Waals surface area contributed by atoms with Crippen molar-refractivity contribution in [2.75, 3.05) is 0 Å². The van der Waals surface area contributed by atoms with Crippen LogP contribution in [0.25, 0.3) is 0 Å². The number of nitro groups is 2. The molecule has 9 heteroatoms. The van der Waals surface area contributed by atoms with E-state index in [1.165, 1.54) is 36.5 Å². The Morgan fingerprint density at radius 2 is 1.73 bits per heavy atom. The minimum Gasteiger partial charge on any atom is -0.502 e. The number of nitro benzene ring substituents is 2. The average Bonchev–Trinajstić information content (AvgIpc) is 2.47. The Kier molecular flexibility index (Phi) is 4.33. The number of non-ortho nitro benzene ring substituents is 1. The topological polar surface area (TPSA) is 119 Å². The second kappa shape index (κ2) is 6.19. The third kappa shape index (κ3) is 3.36. The van der Waals surface area contributed by atoms with E-state index in [9.17, 15) is 25.3 Å². The Morgan fingerprint density at radius 1 is 1.09 bits per heavy atom. The third-order valence-corrected chi connectivity index (χ3v) is 2.91. The van der Waals surface area contributed by atoms with Crippen molar-refractivity contribution < 1.29 is 15.0 Å². The molecule has 0 aliphatic carbocycles. The van der Waals surface area contributed by atoms with Gasteiger partial charge in [0, 0.05) is 35.0 Å². The highest BCUT2D eigenvalue weighted by molar-refractivity contribution is 6.31. The van der Waals surface area contributed by atoms with Crippen molar-refractivity contribution in [3.63, 3.8) is 0 Å². The SMILES string of the molecule is O=[N+]([O-])c1ccc(N=Cc2cc(Cl)cc([N+](=O)[O-])c2O)cc1. The summed E-state index contributed by atoms with van der Waals surface area (Å²) in [5.41, 5.74) is -0.164. The van der Waals surface area contributed by atoms with Crippen LogP contribution in [0.15, 0.2) is 41.4 Å². The lowest BCUT2D eigenvalue weighted by atomic mass is 10.2. The van der Waals surface area contributed by atoms with E-state index in [1.807, 2.05) is 0 Å². The molecule has 0 aromatic heterocycles. The summed E-state index contributed by atoms with van der Waals surface area (Å²) in [7, 11) is 0. The van der Waals surface area contributed by atoms with Crippen LogP contribution < -0.4 is 0 Å². The van der Waals surface area contributed by atoms with Gasteiger partial charge in [0.05, 0.1) is 15.5 Å². The van der Waals surface area contributed by atoms with Crippen LogP contribution in [0.4, 0.5) is 17.1 Å². The summed E-state index contributed by atoms with van der Waals surface area (Å²) < 4.78 is 0. The number of rotatable bonds is 4. The lowest BCUT2D eigenvalue weighted by Gasteiger charge is -2.01. The molecule has 2 aromatic rings. The molecule has 0 unspecified atom stereocenters. The average molecular weight is 322 g/mol. The maximum Gasteiger partial charge on any atom is 0.312 e. The summed E-state index contributed by atoms with van der Waals surface area (Å²) in [6.45, 7) is 0. The van der Waals surface area contributed by atoms with Gasteiger partial charge in [-0.2, -0.15) is 0 Å². The van der Waals surface area contributed by atoms with Crippen LogP contribution in [0.2, 0.25) is 5.02 Å². The Morgan fingerprint density at radius 3 is 2.27 bits per heavy atom. The van der Waals surface area contributed by atoms with Crippen molar-refractivity contribution in [1.29, 1.82) is 0 Å². The number of hydrogen-bond donors (Lipinski definition) is 1. The zero-order valence-electron chi connectivity index (χ0n) is 10.8. The van der Waals surface area contributed by atoms with Gasteiger partial charge in [-0.1, -0.05) is 11.6 Å². The molecular weight excluding hydrogens is 314 g/mol. The lowest BCUT2D eigenvalue weighted by molar-refractivity contribution is -0.385. The fourth-order valence-electron chi connectivity index (χ4n) is 1.65. The molecule has 0 aliphatic heterocycles. The number of hydrogen-bond acceptors (Lipinski definition) is 6. The Hall–Kier alpha value is -3.00. The maximum absolute atomic E-state index is 10.8. The van der Waals surface area contributed by atoms with E-state index in [4.69, 9.17) is 11.6 Å². The van der Waals surface area contributed by atoms with Gasteiger partial charge in [0.25, 0.3) is 5.69 Å². The quantitative estimate of drug-likeness (QED) is 0.524. The maximum atomic E-state index is 10.8. The van der Waals surface area contributed by atoms with Gasteiger partial charge in [0.15, 0.2) is 0 Å². The van der Waals surface area contributed by atoms with E-state index in [0.717, 1.165) is 6.07 Å². The first kappa shape index (κ1) is 15.4. The molecule has 0 aliphatic rings. The zero-order chi connectivity index (χ0) is 16.3. The molecule has 0 spiro atoms. The van der Waals surface area contributed by atoms with E-state index in [0.29, 0.717) is 5.69 Å².